The van der Waals surface area contributed by atoms with Gasteiger partial charge in [0.1, 0.15) is 5.82 Å². The van der Waals surface area contributed by atoms with Gasteiger partial charge in [0.25, 0.3) is 0 Å². The molecule has 1 atom stereocenters. The van der Waals surface area contributed by atoms with E-state index < -0.39 is 0 Å². The van der Waals surface area contributed by atoms with E-state index in [2.05, 4.69) is 11.4 Å². The van der Waals surface area contributed by atoms with E-state index in [1.54, 1.807) is 6.07 Å². The zero-order valence-electron chi connectivity index (χ0n) is 12.0. The largest absolute Gasteiger partial charge is 0.307 e. The lowest BCUT2D eigenvalue weighted by molar-refractivity contribution is 0.269. The molecule has 0 amide bonds. The molecule has 2 aromatic rings. The monoisotopic (exact) mass is 303 g/mol. The summed E-state index contributed by atoms with van der Waals surface area (Å²) in [5, 5.41) is 4.31. The summed E-state index contributed by atoms with van der Waals surface area (Å²) in [6.07, 6.45) is 2.16. The lowest BCUT2D eigenvalue weighted by atomic mass is 9.75. The van der Waals surface area contributed by atoms with Gasteiger partial charge in [-0.2, -0.15) is 0 Å². The summed E-state index contributed by atoms with van der Waals surface area (Å²) in [5.41, 5.74) is 2.04. The average molecular weight is 304 g/mol. The Bertz CT molecular complexity index is 622. The third kappa shape index (κ3) is 3.28. The highest BCUT2D eigenvalue weighted by molar-refractivity contribution is 6.30. The molecule has 0 radical (unpaired) electrons. The highest BCUT2D eigenvalue weighted by atomic mass is 35.5. The minimum absolute atomic E-state index is 0.0384. The van der Waals surface area contributed by atoms with Gasteiger partial charge in [-0.3, -0.25) is 0 Å². The lowest BCUT2D eigenvalue weighted by Gasteiger charge is -2.38. The topological polar surface area (TPSA) is 12.0 Å². The van der Waals surface area contributed by atoms with Crippen LogP contribution in [0.2, 0.25) is 5.02 Å². The van der Waals surface area contributed by atoms with Crippen molar-refractivity contribution in [2.75, 3.05) is 0 Å². The molecule has 1 saturated carbocycles. The molecule has 1 fully saturated rings. The standard InChI is InChI=1S/C18H19ClFN/c1-12(17-7-2-3-8-18(17)20)21-16-10-14(11-16)13-5-4-6-15(19)9-13/h2-9,12,14,16,21H,10-11H2,1H3/t12-,14?,16?/m1/s1. The van der Waals surface area contributed by atoms with Crippen molar-refractivity contribution in [3.05, 3.63) is 70.5 Å². The number of benzene rings is 2. The van der Waals surface area contributed by atoms with E-state index in [1.165, 1.54) is 11.6 Å². The minimum atomic E-state index is -0.136. The van der Waals surface area contributed by atoms with Gasteiger partial charge in [-0.1, -0.05) is 41.9 Å². The minimum Gasteiger partial charge on any atom is -0.307 e. The van der Waals surface area contributed by atoms with Crippen LogP contribution in [0, 0.1) is 5.82 Å². The molecular formula is C18H19ClFN. The van der Waals surface area contributed by atoms with Gasteiger partial charge in [0.2, 0.25) is 0 Å². The van der Waals surface area contributed by atoms with Crippen LogP contribution in [0.1, 0.15) is 42.9 Å². The van der Waals surface area contributed by atoms with Crippen LogP contribution in [0.5, 0.6) is 0 Å². The maximum atomic E-state index is 13.7. The summed E-state index contributed by atoms with van der Waals surface area (Å²) >= 11 is 6.03. The van der Waals surface area contributed by atoms with Crippen molar-refractivity contribution in [1.29, 1.82) is 0 Å². The predicted octanol–water partition coefficient (Wildman–Crippen LogP) is 5.08. The zero-order valence-corrected chi connectivity index (χ0v) is 12.8. The Kier molecular flexibility index (Phi) is 4.27. The number of nitrogens with one attached hydrogen (secondary N) is 1. The van der Waals surface area contributed by atoms with Gasteiger partial charge in [0.15, 0.2) is 0 Å². The Morgan fingerprint density at radius 2 is 1.90 bits per heavy atom. The fourth-order valence-corrected chi connectivity index (χ4v) is 3.25. The van der Waals surface area contributed by atoms with E-state index >= 15 is 0 Å². The van der Waals surface area contributed by atoms with Gasteiger partial charge >= 0.3 is 0 Å². The molecule has 0 spiro atoms. The van der Waals surface area contributed by atoms with Crippen LogP contribution in [0.4, 0.5) is 4.39 Å². The highest BCUT2D eigenvalue weighted by Crippen LogP contribution is 2.38. The first-order valence-corrected chi connectivity index (χ1v) is 7.77. The second kappa shape index (κ2) is 6.17. The number of hydrogen-bond donors (Lipinski definition) is 1. The van der Waals surface area contributed by atoms with Crippen molar-refractivity contribution in [3.63, 3.8) is 0 Å². The quantitative estimate of drug-likeness (QED) is 0.831. The van der Waals surface area contributed by atoms with E-state index in [0.29, 0.717) is 12.0 Å². The van der Waals surface area contributed by atoms with Gasteiger partial charge in [0.05, 0.1) is 0 Å². The van der Waals surface area contributed by atoms with E-state index in [0.717, 1.165) is 23.4 Å². The van der Waals surface area contributed by atoms with E-state index in [-0.39, 0.29) is 11.9 Å². The molecule has 1 aliphatic carbocycles. The molecule has 0 heterocycles. The Hall–Kier alpha value is -1.38. The van der Waals surface area contributed by atoms with Crippen molar-refractivity contribution in [3.8, 4) is 0 Å². The molecule has 3 heteroatoms. The first-order chi connectivity index (χ1) is 10.1. The fourth-order valence-electron chi connectivity index (χ4n) is 3.06. The molecule has 110 valence electrons. The lowest BCUT2D eigenvalue weighted by Crippen LogP contribution is -2.41. The molecule has 3 rings (SSSR count). The Balaban J connectivity index is 1.56. The maximum Gasteiger partial charge on any atom is 0.127 e. The molecule has 1 aliphatic rings. The zero-order chi connectivity index (χ0) is 14.8. The summed E-state index contributed by atoms with van der Waals surface area (Å²) < 4.78 is 13.7. The van der Waals surface area contributed by atoms with E-state index in [9.17, 15) is 4.39 Å². The molecule has 1 N–H and O–H groups in total. The molecule has 0 aromatic heterocycles. The van der Waals surface area contributed by atoms with Crippen LogP contribution in [0.3, 0.4) is 0 Å². The summed E-state index contributed by atoms with van der Waals surface area (Å²) in [7, 11) is 0. The SMILES string of the molecule is C[C@@H](NC1CC(c2cccc(Cl)c2)C1)c1ccccc1F. The maximum absolute atomic E-state index is 13.7. The Morgan fingerprint density at radius 3 is 2.62 bits per heavy atom. The summed E-state index contributed by atoms with van der Waals surface area (Å²) in [6.45, 7) is 2.02. The molecule has 0 saturated heterocycles. The number of hydrogen-bond acceptors (Lipinski definition) is 1. The molecular weight excluding hydrogens is 285 g/mol. The summed E-state index contributed by atoms with van der Waals surface area (Å²) in [5.74, 6) is 0.428. The van der Waals surface area contributed by atoms with Crippen molar-refractivity contribution in [2.24, 2.45) is 0 Å². The molecule has 0 unspecified atom stereocenters. The number of halogens is 2. The number of rotatable bonds is 4. The molecule has 21 heavy (non-hydrogen) atoms. The van der Waals surface area contributed by atoms with Crippen LogP contribution in [0.25, 0.3) is 0 Å². The fraction of sp³-hybridized carbons (Fsp3) is 0.333. The van der Waals surface area contributed by atoms with Crippen molar-refractivity contribution in [1.82, 2.24) is 5.32 Å². The van der Waals surface area contributed by atoms with E-state index in [4.69, 9.17) is 11.6 Å². The first-order valence-electron chi connectivity index (χ1n) is 7.39. The van der Waals surface area contributed by atoms with Crippen molar-refractivity contribution in [2.45, 2.75) is 37.8 Å². The van der Waals surface area contributed by atoms with Gasteiger partial charge in [0, 0.05) is 22.7 Å². The molecule has 0 bridgehead atoms. The summed E-state index contributed by atoms with van der Waals surface area (Å²) in [4.78, 5) is 0. The third-order valence-corrected chi connectivity index (χ3v) is 4.55. The molecule has 1 nitrogen and oxygen atoms in total. The second-order valence-corrected chi connectivity index (χ2v) is 6.27. The van der Waals surface area contributed by atoms with Crippen molar-refractivity contribution >= 4 is 11.6 Å². The van der Waals surface area contributed by atoms with Crippen molar-refractivity contribution < 1.29 is 4.39 Å². The Labute approximate surface area is 130 Å². The van der Waals surface area contributed by atoms with Gasteiger partial charge < -0.3 is 5.32 Å². The van der Waals surface area contributed by atoms with Gasteiger partial charge in [-0.05, 0) is 49.4 Å². The van der Waals surface area contributed by atoms with Gasteiger partial charge in [-0.15, -0.1) is 0 Å². The smallest absolute Gasteiger partial charge is 0.127 e. The second-order valence-electron chi connectivity index (χ2n) is 5.83. The summed E-state index contributed by atoms with van der Waals surface area (Å²) in [6, 6.07) is 15.5. The normalized spacial score (nSPS) is 22.6. The predicted molar refractivity (Wildman–Crippen MR) is 85.2 cm³/mol. The molecule has 0 aliphatic heterocycles. The van der Waals surface area contributed by atoms with Crippen LogP contribution in [-0.4, -0.2) is 6.04 Å². The highest BCUT2D eigenvalue weighted by Gasteiger charge is 2.31. The Morgan fingerprint density at radius 1 is 1.14 bits per heavy atom. The third-order valence-electron chi connectivity index (χ3n) is 4.32. The average Bonchev–Trinajstić information content (AvgIpc) is 2.42. The van der Waals surface area contributed by atoms with Crippen LogP contribution < -0.4 is 5.32 Å². The van der Waals surface area contributed by atoms with Gasteiger partial charge in [-0.25, -0.2) is 4.39 Å². The first kappa shape index (κ1) is 14.6. The van der Waals surface area contributed by atoms with Crippen LogP contribution >= 0.6 is 11.6 Å². The van der Waals surface area contributed by atoms with E-state index in [1.807, 2.05) is 37.3 Å². The molecule has 2 aromatic carbocycles. The van der Waals surface area contributed by atoms with Crippen LogP contribution in [0.15, 0.2) is 48.5 Å². The van der Waals surface area contributed by atoms with Crippen LogP contribution in [-0.2, 0) is 0 Å².